The molecule has 3 atom stereocenters. The Morgan fingerprint density at radius 3 is 2.26 bits per heavy atom. The zero-order valence-electron chi connectivity index (χ0n) is 16.4. The number of carbonyl (C=O) groups excluding carboxylic acids is 1. The van der Waals surface area contributed by atoms with E-state index in [1.807, 2.05) is 6.08 Å². The van der Waals surface area contributed by atoms with Crippen LogP contribution in [0, 0.1) is 5.92 Å². The van der Waals surface area contributed by atoms with Crippen molar-refractivity contribution < 1.29 is 30.9 Å². The molecule has 0 N–H and O–H groups in total. The molecule has 0 aromatic heterocycles. The summed E-state index contributed by atoms with van der Waals surface area (Å²) in [4.78, 5) is 12.5. The summed E-state index contributed by atoms with van der Waals surface area (Å²) in [7, 11) is -5.90. The number of fused-ring (bicyclic) bond motifs is 1. The second-order valence-electron chi connectivity index (χ2n) is 7.40. The number of hydrogen-bond acceptors (Lipinski definition) is 4. The molecule has 0 spiro atoms. The lowest BCUT2D eigenvalue weighted by Crippen LogP contribution is -2.26. The number of carbonyl (C=O) groups is 1. The largest absolute Gasteiger partial charge is 0.741 e. The van der Waals surface area contributed by atoms with Crippen LogP contribution in [0.15, 0.2) is 60.7 Å². The van der Waals surface area contributed by atoms with Gasteiger partial charge in [-0.1, -0.05) is 60.7 Å². The molecule has 31 heavy (non-hydrogen) atoms. The van der Waals surface area contributed by atoms with E-state index in [9.17, 15) is 18.0 Å². The van der Waals surface area contributed by atoms with Crippen LogP contribution in [-0.4, -0.2) is 35.8 Å². The second kappa shape index (κ2) is 9.58. The summed E-state index contributed by atoms with van der Waals surface area (Å²) >= 11 is 0. The smallest absolute Gasteiger partial charge is 0.485 e. The lowest BCUT2D eigenvalue weighted by Gasteiger charge is -2.19. The summed E-state index contributed by atoms with van der Waals surface area (Å²) in [6, 6.07) is 19.2. The molecular weight excluding hydrogens is 449 g/mol. The van der Waals surface area contributed by atoms with Gasteiger partial charge in [0.05, 0.1) is 0 Å². The summed E-state index contributed by atoms with van der Waals surface area (Å²) in [5, 5.41) is 0.108. The first kappa shape index (κ1) is 23.6. The Kier molecular flexibility index (Phi) is 7.28. The summed E-state index contributed by atoms with van der Waals surface area (Å²) in [6.07, 6.45) is 6.19. The highest BCUT2D eigenvalue weighted by molar-refractivity contribution is 7.98. The molecule has 3 unspecified atom stereocenters. The van der Waals surface area contributed by atoms with Gasteiger partial charge in [0.25, 0.3) is 0 Å². The summed E-state index contributed by atoms with van der Waals surface area (Å²) in [5.74, 6) is 3.45. The third kappa shape index (κ3) is 5.99. The molecule has 1 fully saturated rings. The molecule has 4 nitrogen and oxygen atoms in total. The minimum atomic E-state index is -6.09. The highest BCUT2D eigenvalue weighted by atomic mass is 32.2. The zero-order valence-corrected chi connectivity index (χ0v) is 18.1. The van der Waals surface area contributed by atoms with Gasteiger partial charge in [-0.15, -0.1) is 0 Å². The van der Waals surface area contributed by atoms with E-state index in [1.165, 1.54) is 34.6 Å². The summed E-state index contributed by atoms with van der Waals surface area (Å²) < 4.78 is 58.9. The van der Waals surface area contributed by atoms with Crippen molar-refractivity contribution in [1.29, 1.82) is 0 Å². The van der Waals surface area contributed by atoms with E-state index in [2.05, 4.69) is 54.6 Å². The SMILES string of the molecule is O=C1C=Cc2ccccc2C1[S+]1CCC(Cc2ccccc2)C1.O=S(=O)([O-])C(F)(F)F. The number of halogens is 3. The van der Waals surface area contributed by atoms with Gasteiger partial charge in [-0.05, 0) is 30.0 Å². The van der Waals surface area contributed by atoms with E-state index in [1.54, 1.807) is 6.08 Å². The van der Waals surface area contributed by atoms with Gasteiger partial charge in [-0.2, -0.15) is 13.2 Å². The monoisotopic (exact) mass is 470 g/mol. The Labute approximate surface area is 182 Å². The van der Waals surface area contributed by atoms with Crippen molar-refractivity contribution in [2.45, 2.75) is 23.6 Å². The number of ketones is 1. The first-order valence-electron chi connectivity index (χ1n) is 9.59. The maximum Gasteiger partial charge on any atom is 0.485 e. The van der Waals surface area contributed by atoms with E-state index >= 15 is 0 Å². The molecule has 9 heteroatoms. The van der Waals surface area contributed by atoms with E-state index < -0.39 is 15.6 Å². The zero-order chi connectivity index (χ0) is 22.6. The maximum atomic E-state index is 12.5. The number of benzene rings is 2. The molecule has 0 radical (unpaired) electrons. The molecule has 166 valence electrons. The normalized spacial score (nSPS) is 23.1. The summed E-state index contributed by atoms with van der Waals surface area (Å²) in [6.45, 7) is 0. The van der Waals surface area contributed by atoms with Crippen LogP contribution in [0.1, 0.15) is 28.4 Å². The van der Waals surface area contributed by atoms with Crippen molar-refractivity contribution >= 4 is 32.9 Å². The van der Waals surface area contributed by atoms with Crippen molar-refractivity contribution in [2.75, 3.05) is 11.5 Å². The topological polar surface area (TPSA) is 74.3 Å². The van der Waals surface area contributed by atoms with Crippen LogP contribution in [-0.2, 0) is 32.2 Å². The third-order valence-electron chi connectivity index (χ3n) is 5.19. The lowest BCUT2D eigenvalue weighted by molar-refractivity contribution is -0.114. The molecule has 4 rings (SSSR count). The van der Waals surface area contributed by atoms with Gasteiger partial charge >= 0.3 is 5.51 Å². The van der Waals surface area contributed by atoms with Crippen LogP contribution in [0.2, 0.25) is 0 Å². The van der Waals surface area contributed by atoms with Crippen molar-refractivity contribution in [1.82, 2.24) is 0 Å². The van der Waals surface area contributed by atoms with Crippen molar-refractivity contribution in [3.05, 3.63) is 77.4 Å². The Hall–Kier alpha value is -2.10. The van der Waals surface area contributed by atoms with Gasteiger partial charge in [0.1, 0.15) is 11.5 Å². The second-order valence-corrected chi connectivity index (χ2v) is 11.1. The Morgan fingerprint density at radius 1 is 1.00 bits per heavy atom. The Balaban J connectivity index is 0.000000293. The fourth-order valence-corrected chi connectivity index (χ4v) is 6.87. The maximum absolute atomic E-state index is 12.5. The van der Waals surface area contributed by atoms with Gasteiger partial charge in [-0.25, -0.2) is 8.42 Å². The molecule has 1 aliphatic heterocycles. The van der Waals surface area contributed by atoms with Crippen molar-refractivity contribution in [3.8, 4) is 0 Å². The molecule has 1 saturated heterocycles. The van der Waals surface area contributed by atoms with Gasteiger partial charge in [-0.3, -0.25) is 4.79 Å². The van der Waals surface area contributed by atoms with E-state index in [0.717, 1.165) is 12.3 Å². The number of alkyl halides is 3. The van der Waals surface area contributed by atoms with Crippen LogP contribution in [0.5, 0.6) is 0 Å². The molecule has 2 aromatic carbocycles. The lowest BCUT2D eigenvalue weighted by atomic mass is 9.96. The molecule has 0 bridgehead atoms. The Morgan fingerprint density at radius 2 is 1.61 bits per heavy atom. The van der Waals surface area contributed by atoms with Crippen molar-refractivity contribution in [3.63, 3.8) is 0 Å². The Bertz CT molecular complexity index is 1050. The molecule has 0 saturated carbocycles. The van der Waals surface area contributed by atoms with Crippen LogP contribution in [0.3, 0.4) is 0 Å². The average Bonchev–Trinajstić information content (AvgIpc) is 3.15. The van der Waals surface area contributed by atoms with Gasteiger partial charge in [0.15, 0.2) is 10.1 Å². The third-order valence-corrected chi connectivity index (χ3v) is 8.57. The van der Waals surface area contributed by atoms with Gasteiger partial charge in [0.2, 0.25) is 11.0 Å². The minimum absolute atomic E-state index is 0.108. The van der Waals surface area contributed by atoms with Crippen LogP contribution >= 0.6 is 0 Å². The summed E-state index contributed by atoms with van der Waals surface area (Å²) in [5.41, 5.74) is -1.73. The molecule has 2 aromatic rings. The number of hydrogen-bond donors (Lipinski definition) is 0. The number of rotatable bonds is 3. The van der Waals surface area contributed by atoms with E-state index in [-0.39, 0.29) is 16.1 Å². The quantitative estimate of drug-likeness (QED) is 0.382. The molecular formula is C22H21F3O4S2. The predicted octanol–water partition coefficient (Wildman–Crippen LogP) is 4.26. The number of allylic oxidation sites excluding steroid dienone is 1. The molecule has 0 amide bonds. The highest BCUT2D eigenvalue weighted by Crippen LogP contribution is 2.38. The van der Waals surface area contributed by atoms with E-state index in [4.69, 9.17) is 13.0 Å². The van der Waals surface area contributed by atoms with Crippen molar-refractivity contribution in [2.24, 2.45) is 5.92 Å². The minimum Gasteiger partial charge on any atom is -0.741 e. The fraction of sp³-hybridized carbons (Fsp3) is 0.318. The molecule has 1 aliphatic carbocycles. The first-order valence-corrected chi connectivity index (χ1v) is 12.6. The first-order chi connectivity index (χ1) is 14.6. The van der Waals surface area contributed by atoms with Crippen LogP contribution in [0.25, 0.3) is 6.08 Å². The average molecular weight is 471 g/mol. The van der Waals surface area contributed by atoms with Gasteiger partial charge < -0.3 is 4.55 Å². The highest BCUT2D eigenvalue weighted by Gasteiger charge is 2.44. The predicted molar refractivity (Wildman–Crippen MR) is 114 cm³/mol. The fourth-order valence-electron chi connectivity index (χ4n) is 3.77. The van der Waals surface area contributed by atoms with E-state index in [0.29, 0.717) is 5.78 Å². The standard InChI is InChI=1S/C21H21OS.CHF3O3S/c22-20-11-10-18-8-4-5-9-19(18)21(20)23-13-12-17(15-23)14-16-6-2-1-3-7-16;2-1(3,4)8(5,6)7/h1-11,17,21H,12-15H2;(H,5,6,7)/q+1;/p-1. The molecule has 2 aliphatic rings. The van der Waals surface area contributed by atoms with Crippen LogP contribution in [0.4, 0.5) is 13.2 Å². The van der Waals surface area contributed by atoms with Gasteiger partial charge in [0, 0.05) is 22.4 Å². The van der Waals surface area contributed by atoms with Crippen LogP contribution < -0.4 is 0 Å². The molecule has 1 heterocycles.